The summed E-state index contributed by atoms with van der Waals surface area (Å²) in [7, 11) is 8.98. The molecular weight excluding hydrogens is 1610 g/mol. The molecule has 664 valence electrons. The van der Waals surface area contributed by atoms with Crippen molar-refractivity contribution < 1.29 is 18.3 Å². The first kappa shape index (κ1) is 82.2. The molecule has 0 aliphatic heterocycles. The summed E-state index contributed by atoms with van der Waals surface area (Å²) in [4.78, 5) is 19.7. The minimum absolute atomic E-state index is 0.653. The predicted molar refractivity (Wildman–Crippen MR) is 544 cm³/mol. The summed E-state index contributed by atoms with van der Waals surface area (Å²) in [6.45, 7) is 8.93. The second kappa shape index (κ2) is 33.2. The van der Waals surface area contributed by atoms with Gasteiger partial charge < -0.3 is 0 Å². The molecule has 0 saturated heterocycles. The van der Waals surface area contributed by atoms with Crippen molar-refractivity contribution in [1.82, 2.24) is 37.5 Å². The lowest BCUT2D eigenvalue weighted by atomic mass is 9.83. The first-order valence-electron chi connectivity index (χ1n) is 51.5. The van der Waals surface area contributed by atoms with Gasteiger partial charge in [0.15, 0.2) is 44.1 Å². The van der Waals surface area contributed by atoms with E-state index in [1.165, 1.54) is 371 Å². The number of pyridine rings is 8. The molecule has 0 N–H and O–H groups in total. The molecule has 12 heteroatoms. The van der Waals surface area contributed by atoms with Crippen LogP contribution in [0.5, 0.6) is 0 Å². The lowest BCUT2D eigenvalue weighted by molar-refractivity contribution is -0.617. The van der Waals surface area contributed by atoms with E-state index in [0.29, 0.717) is 17.8 Å². The first-order valence-corrected chi connectivity index (χ1v) is 51.5. The molecule has 0 bridgehead atoms. The molecule has 20 aromatic rings. The molecule has 132 heavy (non-hydrogen) atoms. The van der Waals surface area contributed by atoms with Gasteiger partial charge in [0.25, 0.3) is 22.6 Å². The number of hydrogen-bond acceptors (Lipinski definition) is 4. The largest absolute Gasteiger partial charge is 0.297 e. The number of rotatable bonds is 8. The third-order valence-corrected chi connectivity index (χ3v) is 34.7. The number of fused-ring (bicyclic) bond motifs is 32. The van der Waals surface area contributed by atoms with Gasteiger partial charge in [0, 0.05) is 63.0 Å². The molecule has 12 nitrogen and oxygen atoms in total. The summed E-state index contributed by atoms with van der Waals surface area (Å²) in [6.07, 6.45) is 51.3. The number of aromatic nitrogens is 12. The van der Waals surface area contributed by atoms with Crippen molar-refractivity contribution in [3.63, 3.8) is 0 Å². The average Bonchev–Trinajstić information content (AvgIpc) is 1.51. The Morgan fingerprint density at radius 2 is 0.568 bits per heavy atom. The Labute approximate surface area is 774 Å². The Morgan fingerprint density at radius 1 is 0.235 bits per heavy atom. The Morgan fingerprint density at radius 3 is 1.07 bits per heavy atom. The highest BCUT2D eigenvalue weighted by molar-refractivity contribution is 6.16. The van der Waals surface area contributed by atoms with Crippen LogP contribution in [-0.4, -0.2) is 37.5 Å². The number of imidazole rings is 4. The Balaban J connectivity index is 0.0000000945. The first-order chi connectivity index (χ1) is 64.9. The zero-order valence-electron chi connectivity index (χ0n) is 79.1. The van der Waals surface area contributed by atoms with Gasteiger partial charge in [-0.15, -0.1) is 0 Å². The van der Waals surface area contributed by atoms with E-state index in [4.69, 9.17) is 19.9 Å². The summed E-state index contributed by atoms with van der Waals surface area (Å²) in [5.41, 5.74) is 44.0. The maximum atomic E-state index is 5.00. The van der Waals surface area contributed by atoms with Crippen LogP contribution >= 0.6 is 0 Å². The van der Waals surface area contributed by atoms with Crippen LogP contribution in [0.2, 0.25) is 0 Å². The maximum Gasteiger partial charge on any atom is 0.297 e. The second-order valence-corrected chi connectivity index (χ2v) is 42.0. The Hall–Kier alpha value is -11.8. The van der Waals surface area contributed by atoms with Crippen LogP contribution < -0.4 is 18.3 Å². The standard InChI is InChI=1S/4C30H32N3/c1-19-15-16-31-29-22-13-7-8-14-25(22)33-27-18-24(21-11-5-6-12-21)23(20-9-3-4-10-20)17-26(27)32(2)30(33)28(19)29;1-19-17-18-31-28-23-16-15-22(20-9-3-4-10-20)27(21-11-5-6-12-21)29(23)33-25-14-8-7-13-24(25)32(2)30(33)26(19)28;1-19-17-18-31-28-23-13-7-8-14-24(23)33-29-25(32(2)30(33)26(19)28)16-15-22(20-9-3-4-10-20)27(29)21-11-5-6-12-21;1-19-16-17-31-28-24-13-7-12-23(21-10-5-6-11-21)29(24)33-26-18-22(20-8-3-4-9-20)14-15-25(26)32(2)30(33)27(19)28/h3*7-8,13-18,20-21H,3-6,9-12H2,1-2H3;7,12-18,20-21H,3-6,8-11H2,1-2H3/q4*+1. The minimum Gasteiger partial charge on any atom is -0.255 e. The molecule has 0 atom stereocenters. The third-order valence-electron chi connectivity index (χ3n) is 34.7. The molecule has 0 amide bonds. The van der Waals surface area contributed by atoms with Crippen LogP contribution in [0.15, 0.2) is 195 Å². The molecule has 12 heterocycles. The fourth-order valence-electron chi connectivity index (χ4n) is 28.4. The van der Waals surface area contributed by atoms with Crippen LogP contribution in [0, 0.1) is 27.7 Å². The van der Waals surface area contributed by atoms with E-state index in [1.807, 2.05) is 24.8 Å². The molecule has 0 radical (unpaired) electrons. The molecule has 0 spiro atoms. The van der Waals surface area contributed by atoms with Crippen LogP contribution in [0.1, 0.15) is 320 Å². The van der Waals surface area contributed by atoms with Crippen molar-refractivity contribution in [3.8, 4) is 0 Å². The lowest BCUT2D eigenvalue weighted by Crippen LogP contribution is -2.28. The van der Waals surface area contributed by atoms with Gasteiger partial charge in [-0.25, -0.2) is 18.3 Å². The smallest absolute Gasteiger partial charge is 0.255 e. The van der Waals surface area contributed by atoms with Gasteiger partial charge >= 0.3 is 0 Å². The molecular formula is C120H128N12+4. The van der Waals surface area contributed by atoms with Crippen LogP contribution in [-0.2, 0) is 28.2 Å². The highest BCUT2D eigenvalue weighted by Gasteiger charge is 2.40. The van der Waals surface area contributed by atoms with Crippen LogP contribution in [0.3, 0.4) is 0 Å². The molecule has 8 fully saturated rings. The molecule has 12 aromatic heterocycles. The van der Waals surface area contributed by atoms with Gasteiger partial charge in [0.2, 0.25) is 0 Å². The predicted octanol–water partition coefficient (Wildman–Crippen LogP) is 29.0. The number of para-hydroxylation sites is 5. The molecule has 0 unspecified atom stereocenters. The van der Waals surface area contributed by atoms with Gasteiger partial charge in [-0.2, -0.15) is 17.6 Å². The Bertz CT molecular complexity index is 8010. The quantitative estimate of drug-likeness (QED) is 0.112. The van der Waals surface area contributed by atoms with Crippen molar-refractivity contribution in [1.29, 1.82) is 0 Å². The second-order valence-electron chi connectivity index (χ2n) is 42.0. The van der Waals surface area contributed by atoms with E-state index in [-0.39, 0.29) is 0 Å². The summed E-state index contributed by atoms with van der Waals surface area (Å²) >= 11 is 0. The van der Waals surface area contributed by atoms with E-state index in [0.717, 1.165) is 51.7 Å². The van der Waals surface area contributed by atoms with E-state index < -0.39 is 0 Å². The highest BCUT2D eigenvalue weighted by Crippen LogP contribution is 2.52. The van der Waals surface area contributed by atoms with Crippen LogP contribution in [0.25, 0.3) is 154 Å². The summed E-state index contributed by atoms with van der Waals surface area (Å²) < 4.78 is 20.0. The summed E-state index contributed by atoms with van der Waals surface area (Å²) in [6, 6.07) is 64.5. The molecule has 28 rings (SSSR count). The molecule has 8 aliphatic rings. The minimum atomic E-state index is 0.653. The molecule has 8 aromatic carbocycles. The third kappa shape index (κ3) is 13.0. The lowest BCUT2D eigenvalue weighted by Gasteiger charge is -2.22. The topological polar surface area (TPSA) is 84.7 Å². The monoisotopic (exact) mass is 1740 g/mol. The van der Waals surface area contributed by atoms with Gasteiger partial charge in [0.05, 0.1) is 71.8 Å². The SMILES string of the molecule is Cc1ccnc2c3ccc(C4CCCC4)c(C4CCCC4)c3n3c4ccccc4[n+](C)c3c12.Cc1ccnc2c3cccc(C4CCCC4)c3n3c4cc(C5CCCC5)ccc4[n+](C)c3c12.Cc1ccnc2c3ccccc3n3c4c(C5CCCC5)c(C5CCCC5)ccc4[n+](C)c3c12.Cc1ccnc2c3ccccc3n3c4cc(C5CCCC5)c(C5CCCC5)cc4[n+](C)c3c12. The highest BCUT2D eigenvalue weighted by atomic mass is 15.1. The van der Waals surface area contributed by atoms with Crippen molar-refractivity contribution in [2.24, 2.45) is 28.2 Å². The number of hydrogen-bond donors (Lipinski definition) is 0. The fourth-order valence-corrected chi connectivity index (χ4v) is 28.4. The van der Waals surface area contributed by atoms with Crippen LogP contribution in [0.4, 0.5) is 0 Å². The molecule has 8 aliphatic carbocycles. The van der Waals surface area contributed by atoms with E-state index in [1.54, 1.807) is 33.4 Å². The zero-order chi connectivity index (χ0) is 88.4. The van der Waals surface area contributed by atoms with E-state index >= 15 is 0 Å². The average molecular weight is 1740 g/mol. The van der Waals surface area contributed by atoms with Gasteiger partial charge in [-0.3, -0.25) is 19.9 Å². The van der Waals surface area contributed by atoms with Gasteiger partial charge in [0.1, 0.15) is 22.1 Å². The summed E-state index contributed by atoms with van der Waals surface area (Å²) in [5, 5.41) is 10.3. The number of nitrogens with zero attached hydrogens (tertiary/aromatic N) is 12. The van der Waals surface area contributed by atoms with Gasteiger partial charge in [-0.05, 0) is 331 Å². The van der Waals surface area contributed by atoms with Gasteiger partial charge in [-0.1, -0.05) is 169 Å². The fraction of sp³-hybridized carbons (Fsp3) is 0.400. The number of benzene rings is 8. The van der Waals surface area contributed by atoms with Crippen molar-refractivity contribution in [2.45, 2.75) is 281 Å². The van der Waals surface area contributed by atoms with E-state index in [9.17, 15) is 0 Å². The normalized spacial score (nSPS) is 18.0. The summed E-state index contributed by atoms with van der Waals surface area (Å²) in [5.74, 6) is 5.65. The molecule has 8 saturated carbocycles. The zero-order valence-corrected chi connectivity index (χ0v) is 79.1. The van der Waals surface area contributed by atoms with Crippen molar-refractivity contribution >= 4 is 154 Å². The Kier molecular flexibility index (Phi) is 20.6. The van der Waals surface area contributed by atoms with E-state index in [2.05, 4.69) is 262 Å². The maximum absolute atomic E-state index is 5.00. The van der Waals surface area contributed by atoms with Crippen molar-refractivity contribution in [3.05, 3.63) is 261 Å². The van der Waals surface area contributed by atoms with Crippen molar-refractivity contribution in [2.75, 3.05) is 0 Å². The number of aryl methyl sites for hydroxylation is 8.